The zero-order chi connectivity index (χ0) is 16.3. The highest BCUT2D eigenvalue weighted by atomic mass is 16.4. The summed E-state index contributed by atoms with van der Waals surface area (Å²) in [4.78, 5) is 27.0. The zero-order valence-corrected chi connectivity index (χ0v) is 13.5. The van der Waals surface area contributed by atoms with Crippen LogP contribution in [0, 0.1) is 0 Å². The summed E-state index contributed by atoms with van der Waals surface area (Å²) in [5, 5.41) is 9.29. The third kappa shape index (κ3) is 3.40. The Labute approximate surface area is 131 Å². The number of carbonyl (C=O) groups excluding carboxylic acids is 1. The van der Waals surface area contributed by atoms with E-state index < -0.39 is 12.0 Å². The third-order valence-electron chi connectivity index (χ3n) is 4.27. The maximum Gasteiger partial charge on any atom is 0.326 e. The number of anilines is 1. The van der Waals surface area contributed by atoms with Gasteiger partial charge in [0.15, 0.2) is 0 Å². The zero-order valence-electron chi connectivity index (χ0n) is 13.5. The molecule has 2 amide bonds. The van der Waals surface area contributed by atoms with E-state index >= 15 is 0 Å². The molecule has 0 aromatic heterocycles. The van der Waals surface area contributed by atoms with Crippen LogP contribution < -0.4 is 4.90 Å². The second-order valence-corrected chi connectivity index (χ2v) is 6.13. The number of benzene rings is 1. The van der Waals surface area contributed by atoms with Crippen molar-refractivity contribution in [1.29, 1.82) is 0 Å². The van der Waals surface area contributed by atoms with Crippen LogP contribution in [0.5, 0.6) is 0 Å². The van der Waals surface area contributed by atoms with Crippen LogP contribution in [0.15, 0.2) is 24.3 Å². The van der Waals surface area contributed by atoms with Crippen molar-refractivity contribution in [3.63, 3.8) is 0 Å². The Hall–Kier alpha value is -2.04. The number of carboxylic acids is 1. The molecule has 1 N–H and O–H groups in total. The van der Waals surface area contributed by atoms with Gasteiger partial charge in [-0.1, -0.05) is 26.0 Å². The largest absolute Gasteiger partial charge is 0.480 e. The molecule has 1 fully saturated rings. The second kappa shape index (κ2) is 6.81. The van der Waals surface area contributed by atoms with E-state index in [4.69, 9.17) is 0 Å². The van der Waals surface area contributed by atoms with E-state index in [0.29, 0.717) is 18.9 Å². The molecule has 1 unspecified atom stereocenters. The van der Waals surface area contributed by atoms with Crippen LogP contribution in [0.3, 0.4) is 0 Å². The number of nitrogens with zero attached hydrogens (tertiary/aromatic N) is 2. The molecule has 120 valence electrons. The average molecular weight is 304 g/mol. The Morgan fingerprint density at radius 2 is 1.86 bits per heavy atom. The van der Waals surface area contributed by atoms with Crippen molar-refractivity contribution in [3.8, 4) is 0 Å². The standard InChI is InChI=1S/C17H24N2O3/c1-12(2)13-7-9-14(10-8-13)18(3)17(22)19-11-5-4-6-15(19)16(20)21/h7-10,12,15H,4-6,11H2,1-3H3,(H,20,21). The summed E-state index contributed by atoms with van der Waals surface area (Å²) in [6, 6.07) is 6.88. The van der Waals surface area contributed by atoms with Crippen LogP contribution in [-0.4, -0.2) is 41.6 Å². The van der Waals surface area contributed by atoms with Crippen LogP contribution in [-0.2, 0) is 4.79 Å². The highest BCUT2D eigenvalue weighted by molar-refractivity contribution is 5.94. The van der Waals surface area contributed by atoms with Gasteiger partial charge in [-0.25, -0.2) is 9.59 Å². The van der Waals surface area contributed by atoms with Gasteiger partial charge in [0, 0.05) is 19.3 Å². The van der Waals surface area contributed by atoms with E-state index in [9.17, 15) is 14.7 Å². The van der Waals surface area contributed by atoms with Crippen LogP contribution in [0.4, 0.5) is 10.5 Å². The number of rotatable bonds is 3. The quantitative estimate of drug-likeness (QED) is 0.932. The molecule has 1 aromatic rings. The third-order valence-corrected chi connectivity index (χ3v) is 4.27. The Morgan fingerprint density at radius 3 is 2.41 bits per heavy atom. The molecule has 1 aromatic carbocycles. The smallest absolute Gasteiger partial charge is 0.326 e. The molecule has 1 heterocycles. The van der Waals surface area contributed by atoms with E-state index in [0.717, 1.165) is 18.5 Å². The first-order chi connectivity index (χ1) is 10.4. The van der Waals surface area contributed by atoms with Gasteiger partial charge in [-0.2, -0.15) is 0 Å². The molecule has 0 bridgehead atoms. The molecule has 5 heteroatoms. The molecule has 0 spiro atoms. The van der Waals surface area contributed by atoms with Crippen molar-refractivity contribution in [1.82, 2.24) is 4.90 Å². The molecular weight excluding hydrogens is 280 g/mol. The minimum Gasteiger partial charge on any atom is -0.480 e. The van der Waals surface area contributed by atoms with Crippen molar-refractivity contribution in [2.24, 2.45) is 0 Å². The Kier molecular flexibility index (Phi) is 5.06. The normalized spacial score (nSPS) is 18.4. The summed E-state index contributed by atoms with van der Waals surface area (Å²) < 4.78 is 0. The van der Waals surface area contributed by atoms with Gasteiger partial charge in [0.05, 0.1) is 0 Å². The van der Waals surface area contributed by atoms with E-state index in [-0.39, 0.29) is 6.03 Å². The van der Waals surface area contributed by atoms with Gasteiger partial charge in [0.2, 0.25) is 0 Å². The predicted octanol–water partition coefficient (Wildman–Crippen LogP) is 3.31. The SMILES string of the molecule is CC(C)c1ccc(N(C)C(=O)N2CCCCC2C(=O)O)cc1. The number of amides is 2. The molecule has 2 rings (SSSR count). The molecular formula is C17H24N2O3. The van der Waals surface area contributed by atoms with E-state index in [1.807, 2.05) is 24.3 Å². The molecule has 1 aliphatic rings. The van der Waals surface area contributed by atoms with Gasteiger partial charge in [0.25, 0.3) is 0 Å². The van der Waals surface area contributed by atoms with E-state index in [2.05, 4.69) is 13.8 Å². The lowest BCUT2D eigenvalue weighted by atomic mass is 10.0. The summed E-state index contributed by atoms with van der Waals surface area (Å²) in [6.07, 6.45) is 2.24. The van der Waals surface area contributed by atoms with Crippen molar-refractivity contribution >= 4 is 17.7 Å². The number of urea groups is 1. The van der Waals surface area contributed by atoms with Gasteiger partial charge in [-0.3, -0.25) is 4.90 Å². The summed E-state index contributed by atoms with van der Waals surface area (Å²) in [7, 11) is 1.69. The summed E-state index contributed by atoms with van der Waals surface area (Å²) in [6.45, 7) is 4.74. The first kappa shape index (κ1) is 16.3. The topological polar surface area (TPSA) is 60.9 Å². The fourth-order valence-electron chi connectivity index (χ4n) is 2.80. The Morgan fingerprint density at radius 1 is 1.23 bits per heavy atom. The van der Waals surface area contributed by atoms with Crippen LogP contribution >= 0.6 is 0 Å². The number of piperidine rings is 1. The number of hydrogen-bond acceptors (Lipinski definition) is 2. The van der Waals surface area contributed by atoms with Crippen molar-refractivity contribution in [3.05, 3.63) is 29.8 Å². The lowest BCUT2D eigenvalue weighted by Crippen LogP contribution is -2.52. The fraction of sp³-hybridized carbons (Fsp3) is 0.529. The Bertz CT molecular complexity index is 539. The van der Waals surface area contributed by atoms with Crippen LogP contribution in [0.25, 0.3) is 0 Å². The van der Waals surface area contributed by atoms with Crippen molar-refractivity contribution in [2.75, 3.05) is 18.5 Å². The maximum atomic E-state index is 12.6. The van der Waals surface area contributed by atoms with Gasteiger partial charge < -0.3 is 10.0 Å². The van der Waals surface area contributed by atoms with E-state index in [1.54, 1.807) is 7.05 Å². The van der Waals surface area contributed by atoms with Gasteiger partial charge in [0.1, 0.15) is 6.04 Å². The average Bonchev–Trinajstić information content (AvgIpc) is 2.53. The number of aliphatic carboxylic acids is 1. The van der Waals surface area contributed by atoms with Gasteiger partial charge in [-0.05, 0) is 42.9 Å². The molecule has 1 aliphatic heterocycles. The predicted molar refractivity (Wildman–Crippen MR) is 86.3 cm³/mol. The Balaban J connectivity index is 2.15. The number of carboxylic acid groups (broad SMARTS) is 1. The van der Waals surface area contributed by atoms with Crippen molar-refractivity contribution < 1.29 is 14.7 Å². The molecule has 1 saturated heterocycles. The molecule has 5 nitrogen and oxygen atoms in total. The summed E-state index contributed by atoms with van der Waals surface area (Å²) >= 11 is 0. The second-order valence-electron chi connectivity index (χ2n) is 6.13. The van der Waals surface area contributed by atoms with Crippen molar-refractivity contribution in [2.45, 2.75) is 45.1 Å². The minimum atomic E-state index is -0.920. The lowest BCUT2D eigenvalue weighted by molar-refractivity contribution is -0.143. The highest BCUT2D eigenvalue weighted by Gasteiger charge is 2.33. The highest BCUT2D eigenvalue weighted by Crippen LogP contribution is 2.23. The first-order valence-electron chi connectivity index (χ1n) is 7.79. The van der Waals surface area contributed by atoms with Gasteiger partial charge >= 0.3 is 12.0 Å². The number of carbonyl (C=O) groups is 2. The summed E-state index contributed by atoms with van der Waals surface area (Å²) in [5.41, 5.74) is 2.00. The fourth-order valence-corrected chi connectivity index (χ4v) is 2.80. The van der Waals surface area contributed by atoms with Crippen LogP contribution in [0.1, 0.15) is 44.6 Å². The van der Waals surface area contributed by atoms with Gasteiger partial charge in [-0.15, -0.1) is 0 Å². The summed E-state index contributed by atoms with van der Waals surface area (Å²) in [5.74, 6) is -0.481. The van der Waals surface area contributed by atoms with Crippen LogP contribution in [0.2, 0.25) is 0 Å². The maximum absolute atomic E-state index is 12.6. The minimum absolute atomic E-state index is 0.246. The van der Waals surface area contributed by atoms with E-state index in [1.165, 1.54) is 15.4 Å². The lowest BCUT2D eigenvalue weighted by Gasteiger charge is -2.35. The molecule has 0 radical (unpaired) electrons. The molecule has 0 saturated carbocycles. The molecule has 1 atom stereocenters. The molecule has 0 aliphatic carbocycles. The number of likely N-dealkylation sites (tertiary alicyclic amines) is 1. The molecule has 22 heavy (non-hydrogen) atoms. The number of hydrogen-bond donors (Lipinski definition) is 1. The first-order valence-corrected chi connectivity index (χ1v) is 7.79. The monoisotopic (exact) mass is 304 g/mol.